The maximum absolute atomic E-state index is 13.5. The van der Waals surface area contributed by atoms with Gasteiger partial charge in [0.2, 0.25) is 0 Å². The first-order valence-corrected chi connectivity index (χ1v) is 11.2. The number of carbonyl (C=O) groups excluding carboxylic acids is 1. The van der Waals surface area contributed by atoms with Gasteiger partial charge in [-0.3, -0.25) is 4.79 Å². The van der Waals surface area contributed by atoms with Gasteiger partial charge in [0.15, 0.2) is 6.04 Å². The van der Waals surface area contributed by atoms with E-state index in [1.165, 1.54) is 5.57 Å². The van der Waals surface area contributed by atoms with Gasteiger partial charge in [0.1, 0.15) is 5.84 Å². The lowest BCUT2D eigenvalue weighted by Gasteiger charge is -2.28. The number of amides is 1. The number of hydrogen-bond donors (Lipinski definition) is 1. The van der Waals surface area contributed by atoms with Crippen LogP contribution in [0.4, 0.5) is 0 Å². The van der Waals surface area contributed by atoms with Crippen molar-refractivity contribution < 1.29 is 4.79 Å². The second kappa shape index (κ2) is 9.43. The summed E-state index contributed by atoms with van der Waals surface area (Å²) in [6.07, 6.45) is 16.6. The Morgan fingerprint density at radius 2 is 2.06 bits per heavy atom. The molecule has 2 N–H and O–H groups in total. The summed E-state index contributed by atoms with van der Waals surface area (Å²) >= 11 is 0. The highest BCUT2D eigenvalue weighted by molar-refractivity contribution is 5.99. The van der Waals surface area contributed by atoms with E-state index in [1.807, 2.05) is 56.6 Å². The molecule has 32 heavy (non-hydrogen) atoms. The molecule has 2 aliphatic carbocycles. The molecule has 3 atom stereocenters. The average molecular weight is 429 g/mol. The molecule has 3 unspecified atom stereocenters. The molecule has 4 rings (SSSR count). The second-order valence-corrected chi connectivity index (χ2v) is 8.81. The molecular formula is C27H32N4O. The van der Waals surface area contributed by atoms with Gasteiger partial charge >= 0.3 is 0 Å². The van der Waals surface area contributed by atoms with E-state index < -0.39 is 6.04 Å². The number of carbonyl (C=O) groups is 1. The van der Waals surface area contributed by atoms with Gasteiger partial charge in [-0.05, 0) is 37.0 Å². The highest BCUT2D eigenvalue weighted by Gasteiger charge is 2.33. The first-order valence-electron chi connectivity index (χ1n) is 11.2. The molecule has 166 valence electrons. The van der Waals surface area contributed by atoms with Crippen LogP contribution >= 0.6 is 0 Å². The minimum atomic E-state index is -0.613. The van der Waals surface area contributed by atoms with Gasteiger partial charge in [0.05, 0.1) is 11.7 Å². The molecule has 0 saturated heterocycles. The molecule has 0 radical (unpaired) electrons. The smallest absolute Gasteiger partial charge is 0.251 e. The third kappa shape index (κ3) is 4.62. The summed E-state index contributed by atoms with van der Waals surface area (Å²) < 4.78 is 0. The van der Waals surface area contributed by atoms with Crippen LogP contribution in [0.25, 0.3) is 0 Å². The highest BCUT2D eigenvalue weighted by atomic mass is 16.2. The van der Waals surface area contributed by atoms with E-state index in [2.05, 4.69) is 42.2 Å². The van der Waals surface area contributed by atoms with Crippen LogP contribution in [0.2, 0.25) is 0 Å². The lowest BCUT2D eigenvalue weighted by atomic mass is 9.94. The van der Waals surface area contributed by atoms with Crippen LogP contribution in [-0.4, -0.2) is 47.7 Å². The van der Waals surface area contributed by atoms with E-state index in [0.29, 0.717) is 12.4 Å². The maximum Gasteiger partial charge on any atom is 0.251 e. The van der Waals surface area contributed by atoms with Gasteiger partial charge in [0, 0.05) is 26.6 Å². The number of allylic oxidation sites excluding steroid dienone is 5. The molecule has 0 spiro atoms. The van der Waals surface area contributed by atoms with E-state index in [4.69, 9.17) is 10.7 Å². The molecule has 0 saturated carbocycles. The Hall–Kier alpha value is -3.34. The van der Waals surface area contributed by atoms with Gasteiger partial charge in [0.25, 0.3) is 5.91 Å². The Balaban J connectivity index is 1.61. The van der Waals surface area contributed by atoms with Crippen molar-refractivity contribution in [3.8, 4) is 0 Å². The van der Waals surface area contributed by atoms with Crippen molar-refractivity contribution in [1.29, 1.82) is 0 Å². The zero-order valence-electron chi connectivity index (χ0n) is 19.1. The topological polar surface area (TPSA) is 61.9 Å². The number of nitrogens with two attached hydrogens (primary N) is 1. The number of amidine groups is 1. The number of benzene rings is 1. The number of likely N-dealkylation sites (N-methyl/N-ethyl adjacent to an activating group) is 2. The van der Waals surface area contributed by atoms with E-state index >= 15 is 0 Å². The van der Waals surface area contributed by atoms with Crippen LogP contribution in [0.5, 0.6) is 0 Å². The Labute approximate surface area is 191 Å². The van der Waals surface area contributed by atoms with Gasteiger partial charge in [-0.25, -0.2) is 4.99 Å². The molecule has 0 fully saturated rings. The van der Waals surface area contributed by atoms with E-state index in [0.717, 1.165) is 29.7 Å². The number of rotatable bonds is 6. The summed E-state index contributed by atoms with van der Waals surface area (Å²) in [5.74, 6) is 0.663. The Kier molecular flexibility index (Phi) is 6.45. The largest absolute Gasteiger partial charge is 0.382 e. The molecule has 1 aliphatic heterocycles. The van der Waals surface area contributed by atoms with Gasteiger partial charge in [-0.1, -0.05) is 72.4 Å². The normalized spacial score (nSPS) is 23.3. The van der Waals surface area contributed by atoms with Crippen molar-refractivity contribution in [3.05, 3.63) is 95.3 Å². The quantitative estimate of drug-likeness (QED) is 0.551. The van der Waals surface area contributed by atoms with Gasteiger partial charge < -0.3 is 15.5 Å². The van der Waals surface area contributed by atoms with E-state index in [-0.39, 0.29) is 17.9 Å². The summed E-state index contributed by atoms with van der Waals surface area (Å²) in [6.45, 7) is 2.65. The molecule has 0 bridgehead atoms. The molecule has 1 aromatic rings. The third-order valence-electron chi connectivity index (χ3n) is 6.38. The molecule has 1 heterocycles. The SMILES string of the molecule is CC1=CC2C=C(C(N)=NC(C(=O)N(C)Cc3ccccc3)C3=CC=CCC3)N(C)C2C=C1. The van der Waals surface area contributed by atoms with E-state index in [9.17, 15) is 4.79 Å². The van der Waals surface area contributed by atoms with Crippen molar-refractivity contribution >= 4 is 11.7 Å². The van der Waals surface area contributed by atoms with Gasteiger partial charge in [-0.2, -0.15) is 0 Å². The molecule has 5 heteroatoms. The first kappa shape index (κ1) is 21.9. The fraction of sp³-hybridized carbons (Fsp3) is 0.333. The summed E-state index contributed by atoms with van der Waals surface area (Å²) in [7, 11) is 3.87. The Bertz CT molecular complexity index is 1040. The van der Waals surface area contributed by atoms with Crippen LogP contribution < -0.4 is 5.73 Å². The number of fused-ring (bicyclic) bond motifs is 1. The van der Waals surface area contributed by atoms with Crippen molar-refractivity contribution in [3.63, 3.8) is 0 Å². The van der Waals surface area contributed by atoms with E-state index in [1.54, 1.807) is 4.90 Å². The van der Waals surface area contributed by atoms with Gasteiger partial charge in [-0.15, -0.1) is 0 Å². The van der Waals surface area contributed by atoms with Crippen molar-refractivity contribution in [2.45, 2.75) is 38.4 Å². The highest BCUT2D eigenvalue weighted by Crippen LogP contribution is 2.32. The molecule has 5 nitrogen and oxygen atoms in total. The average Bonchev–Trinajstić information content (AvgIpc) is 3.13. The fourth-order valence-corrected chi connectivity index (χ4v) is 4.59. The zero-order valence-corrected chi connectivity index (χ0v) is 19.1. The summed E-state index contributed by atoms with van der Waals surface area (Å²) in [6, 6.07) is 9.65. The lowest BCUT2D eigenvalue weighted by Crippen LogP contribution is -2.39. The predicted octanol–water partition coefficient (Wildman–Crippen LogP) is 3.98. The fourth-order valence-electron chi connectivity index (χ4n) is 4.59. The van der Waals surface area contributed by atoms with Crippen LogP contribution in [-0.2, 0) is 11.3 Å². The molecule has 0 aromatic heterocycles. The van der Waals surface area contributed by atoms with Crippen molar-refractivity contribution in [2.24, 2.45) is 16.6 Å². The summed E-state index contributed by atoms with van der Waals surface area (Å²) in [4.78, 5) is 22.2. The molecule has 3 aliphatic rings. The number of nitrogens with zero attached hydrogens (tertiary/aromatic N) is 3. The maximum atomic E-state index is 13.5. The van der Waals surface area contributed by atoms with Crippen LogP contribution in [0.1, 0.15) is 25.3 Å². The second-order valence-electron chi connectivity index (χ2n) is 8.81. The zero-order chi connectivity index (χ0) is 22.7. The predicted molar refractivity (Wildman–Crippen MR) is 131 cm³/mol. The van der Waals surface area contributed by atoms with Crippen LogP contribution in [0, 0.1) is 5.92 Å². The summed E-state index contributed by atoms with van der Waals surface area (Å²) in [5, 5.41) is 0. The Morgan fingerprint density at radius 3 is 2.78 bits per heavy atom. The minimum absolute atomic E-state index is 0.0346. The van der Waals surface area contributed by atoms with Crippen LogP contribution in [0.3, 0.4) is 0 Å². The molecular weight excluding hydrogens is 396 g/mol. The molecule has 1 amide bonds. The lowest BCUT2D eigenvalue weighted by molar-refractivity contribution is -0.130. The third-order valence-corrected chi connectivity index (χ3v) is 6.38. The minimum Gasteiger partial charge on any atom is -0.382 e. The number of aliphatic imine (C=N–C) groups is 1. The summed E-state index contributed by atoms with van der Waals surface area (Å²) in [5.41, 5.74) is 10.8. The standard InChI is InChI=1S/C27H32N4O/c1-19-14-15-23-22(16-19)17-24(31(23)3)26(28)29-25(21-12-8-5-9-13-21)27(32)30(2)18-20-10-6-4-7-11-20/h4-8,10-12,14-17,22-23,25H,9,13,18H2,1-3H3,(H2,28,29). The Morgan fingerprint density at radius 1 is 1.28 bits per heavy atom. The monoisotopic (exact) mass is 428 g/mol. The first-order chi connectivity index (χ1) is 15.4. The van der Waals surface area contributed by atoms with Crippen LogP contribution in [0.15, 0.2) is 94.7 Å². The van der Waals surface area contributed by atoms with Crippen molar-refractivity contribution in [2.75, 3.05) is 14.1 Å². The molecule has 1 aromatic carbocycles. The number of hydrogen-bond acceptors (Lipinski definition) is 3. The van der Waals surface area contributed by atoms with Crippen molar-refractivity contribution in [1.82, 2.24) is 9.80 Å².